The molecule has 3 heterocycles. The van der Waals surface area contributed by atoms with Crippen LogP contribution in [0.1, 0.15) is 5.56 Å². The Morgan fingerprint density at radius 3 is 2.65 bits per heavy atom. The average molecular weight is 321 g/mol. The number of aromatic nitrogens is 3. The zero-order chi connectivity index (χ0) is 15.8. The summed E-state index contributed by atoms with van der Waals surface area (Å²) in [6.07, 6.45) is 7.07. The number of rotatable bonds is 3. The lowest BCUT2D eigenvalue weighted by atomic mass is 10.1. The minimum atomic E-state index is 0.667. The number of anilines is 1. The molecule has 0 aliphatic carbocycles. The first-order valence-electron chi connectivity index (χ1n) is 7.13. The van der Waals surface area contributed by atoms with Gasteiger partial charge >= 0.3 is 0 Å². The van der Waals surface area contributed by atoms with Gasteiger partial charge in [-0.05, 0) is 30.3 Å². The van der Waals surface area contributed by atoms with Crippen molar-refractivity contribution in [3.63, 3.8) is 0 Å². The molecule has 0 radical (unpaired) electrons. The van der Waals surface area contributed by atoms with E-state index in [0.717, 1.165) is 38.8 Å². The Bertz CT molecular complexity index is 1020. The Labute approximate surface area is 137 Å². The summed E-state index contributed by atoms with van der Waals surface area (Å²) in [5.74, 6) is 0. The van der Waals surface area contributed by atoms with Gasteiger partial charge in [-0.2, -0.15) is 0 Å². The number of pyridine rings is 2. The number of hydrogen-bond donors (Lipinski definition) is 2. The SMILES string of the molecule is C=C(Nc1cc(Cl)cc2c1[nH]c1cnccc12)c1ccncc1. The summed E-state index contributed by atoms with van der Waals surface area (Å²) in [5.41, 5.74) is 4.60. The van der Waals surface area contributed by atoms with Gasteiger partial charge in [0.25, 0.3) is 0 Å². The van der Waals surface area contributed by atoms with E-state index in [4.69, 9.17) is 11.6 Å². The lowest BCUT2D eigenvalue weighted by Gasteiger charge is -2.11. The topological polar surface area (TPSA) is 53.6 Å². The second-order valence-electron chi connectivity index (χ2n) is 5.26. The standard InChI is InChI=1S/C18H13ClN4/c1-11(12-2-5-20-6-3-12)22-16-9-13(19)8-15-14-4-7-21-10-17(14)23-18(15)16/h2-10,22-23H,1H2. The number of nitrogens with zero attached hydrogens (tertiary/aromatic N) is 2. The molecule has 0 bridgehead atoms. The summed E-state index contributed by atoms with van der Waals surface area (Å²) >= 11 is 6.30. The second-order valence-corrected chi connectivity index (χ2v) is 5.70. The van der Waals surface area contributed by atoms with Crippen LogP contribution in [0.4, 0.5) is 5.69 Å². The number of H-pyrrole nitrogens is 1. The normalized spacial score (nSPS) is 11.0. The van der Waals surface area contributed by atoms with Crippen molar-refractivity contribution in [2.75, 3.05) is 5.32 Å². The third-order valence-electron chi connectivity index (χ3n) is 3.79. The second kappa shape index (κ2) is 5.41. The van der Waals surface area contributed by atoms with Crippen LogP contribution in [0.3, 0.4) is 0 Å². The molecule has 4 aromatic rings. The fourth-order valence-electron chi connectivity index (χ4n) is 2.70. The third kappa shape index (κ3) is 2.43. The zero-order valence-electron chi connectivity index (χ0n) is 12.2. The Hall–Kier alpha value is -2.85. The molecular formula is C18H13ClN4. The number of benzene rings is 1. The fourth-order valence-corrected chi connectivity index (χ4v) is 2.92. The van der Waals surface area contributed by atoms with E-state index in [9.17, 15) is 0 Å². The number of halogens is 1. The molecule has 0 saturated heterocycles. The van der Waals surface area contributed by atoms with Gasteiger partial charge in [-0.1, -0.05) is 18.2 Å². The van der Waals surface area contributed by atoms with Crippen LogP contribution >= 0.6 is 11.6 Å². The fraction of sp³-hybridized carbons (Fsp3) is 0. The van der Waals surface area contributed by atoms with Crippen LogP contribution < -0.4 is 5.32 Å². The van der Waals surface area contributed by atoms with E-state index in [1.165, 1.54) is 0 Å². The Morgan fingerprint density at radius 2 is 1.83 bits per heavy atom. The Kier molecular flexibility index (Phi) is 3.24. The predicted molar refractivity (Wildman–Crippen MR) is 95.5 cm³/mol. The molecule has 2 N–H and O–H groups in total. The highest BCUT2D eigenvalue weighted by Gasteiger charge is 2.11. The number of hydrogen-bond acceptors (Lipinski definition) is 3. The predicted octanol–water partition coefficient (Wildman–Crippen LogP) is 4.85. The van der Waals surface area contributed by atoms with Crippen molar-refractivity contribution in [2.24, 2.45) is 0 Å². The summed E-state index contributed by atoms with van der Waals surface area (Å²) in [6.45, 7) is 4.10. The molecule has 0 saturated carbocycles. The van der Waals surface area contributed by atoms with E-state index in [0.29, 0.717) is 5.02 Å². The van der Waals surface area contributed by atoms with Crippen LogP contribution in [0.5, 0.6) is 0 Å². The van der Waals surface area contributed by atoms with E-state index < -0.39 is 0 Å². The van der Waals surface area contributed by atoms with E-state index in [-0.39, 0.29) is 0 Å². The highest BCUT2D eigenvalue weighted by Crippen LogP contribution is 2.34. The molecule has 3 aromatic heterocycles. The molecule has 4 rings (SSSR count). The molecule has 1 aromatic carbocycles. The molecule has 4 nitrogen and oxygen atoms in total. The first-order valence-corrected chi connectivity index (χ1v) is 7.51. The Balaban J connectivity index is 1.85. The van der Waals surface area contributed by atoms with Gasteiger partial charge in [-0.25, -0.2) is 0 Å². The molecule has 23 heavy (non-hydrogen) atoms. The van der Waals surface area contributed by atoms with Crippen molar-refractivity contribution in [2.45, 2.75) is 0 Å². The van der Waals surface area contributed by atoms with Gasteiger partial charge in [-0.3, -0.25) is 9.97 Å². The average Bonchev–Trinajstić information content (AvgIpc) is 2.94. The maximum absolute atomic E-state index is 6.30. The first kappa shape index (κ1) is 13.8. The molecule has 0 aliphatic heterocycles. The van der Waals surface area contributed by atoms with Gasteiger partial charge in [0, 0.05) is 45.6 Å². The van der Waals surface area contributed by atoms with Crippen molar-refractivity contribution in [3.05, 3.63) is 72.3 Å². The molecule has 0 atom stereocenters. The maximum Gasteiger partial charge on any atom is 0.0705 e. The zero-order valence-corrected chi connectivity index (χ0v) is 12.9. The van der Waals surface area contributed by atoms with Crippen LogP contribution in [0, 0.1) is 0 Å². The van der Waals surface area contributed by atoms with Gasteiger partial charge in [0.05, 0.1) is 22.9 Å². The smallest absolute Gasteiger partial charge is 0.0705 e. The van der Waals surface area contributed by atoms with E-state index in [1.54, 1.807) is 18.6 Å². The van der Waals surface area contributed by atoms with E-state index in [2.05, 4.69) is 26.8 Å². The minimum absolute atomic E-state index is 0.667. The monoisotopic (exact) mass is 320 g/mol. The number of aromatic amines is 1. The number of fused-ring (bicyclic) bond motifs is 3. The van der Waals surface area contributed by atoms with Crippen LogP contribution in [-0.4, -0.2) is 15.0 Å². The quantitative estimate of drug-likeness (QED) is 0.567. The molecular weight excluding hydrogens is 308 g/mol. The van der Waals surface area contributed by atoms with Crippen LogP contribution in [0.25, 0.3) is 27.5 Å². The van der Waals surface area contributed by atoms with E-state index >= 15 is 0 Å². The summed E-state index contributed by atoms with van der Waals surface area (Å²) in [4.78, 5) is 11.6. The molecule has 0 fully saturated rings. The lowest BCUT2D eigenvalue weighted by Crippen LogP contribution is -1.98. The molecule has 0 aliphatic rings. The van der Waals surface area contributed by atoms with Gasteiger partial charge in [0.15, 0.2) is 0 Å². The highest BCUT2D eigenvalue weighted by molar-refractivity contribution is 6.32. The summed E-state index contributed by atoms with van der Waals surface area (Å²) in [6, 6.07) is 9.64. The van der Waals surface area contributed by atoms with E-state index in [1.807, 2.05) is 36.5 Å². The molecule has 0 amide bonds. The van der Waals surface area contributed by atoms with Crippen molar-refractivity contribution in [3.8, 4) is 0 Å². The highest BCUT2D eigenvalue weighted by atomic mass is 35.5. The van der Waals surface area contributed by atoms with Crippen LogP contribution in [-0.2, 0) is 0 Å². The largest absolute Gasteiger partial charge is 0.354 e. The van der Waals surface area contributed by atoms with Gasteiger partial charge in [-0.15, -0.1) is 0 Å². The van der Waals surface area contributed by atoms with Crippen LogP contribution in [0.2, 0.25) is 5.02 Å². The van der Waals surface area contributed by atoms with Crippen molar-refractivity contribution >= 4 is 44.8 Å². The molecule has 112 valence electrons. The van der Waals surface area contributed by atoms with Gasteiger partial charge in [0.2, 0.25) is 0 Å². The van der Waals surface area contributed by atoms with Crippen molar-refractivity contribution in [1.82, 2.24) is 15.0 Å². The molecule has 5 heteroatoms. The molecule has 0 unspecified atom stereocenters. The van der Waals surface area contributed by atoms with Crippen LogP contribution in [0.15, 0.2) is 61.7 Å². The minimum Gasteiger partial charge on any atom is -0.354 e. The van der Waals surface area contributed by atoms with Crippen molar-refractivity contribution < 1.29 is 0 Å². The summed E-state index contributed by atoms with van der Waals surface area (Å²) in [7, 11) is 0. The lowest BCUT2D eigenvalue weighted by molar-refractivity contribution is 1.31. The van der Waals surface area contributed by atoms with Gasteiger partial charge < -0.3 is 10.3 Å². The summed E-state index contributed by atoms with van der Waals surface area (Å²) in [5, 5.41) is 6.16. The van der Waals surface area contributed by atoms with Gasteiger partial charge in [0.1, 0.15) is 0 Å². The Morgan fingerprint density at radius 1 is 1.04 bits per heavy atom. The maximum atomic E-state index is 6.30. The number of nitrogens with one attached hydrogen (secondary N) is 2. The first-order chi connectivity index (χ1) is 11.2. The van der Waals surface area contributed by atoms with Crippen molar-refractivity contribution in [1.29, 1.82) is 0 Å². The summed E-state index contributed by atoms with van der Waals surface area (Å²) < 4.78 is 0. The molecule has 0 spiro atoms. The third-order valence-corrected chi connectivity index (χ3v) is 4.01.